The molecule has 0 spiro atoms. The molecule has 0 unspecified atom stereocenters. The molecule has 12 heavy (non-hydrogen) atoms. The number of pyridine rings is 1. The van der Waals surface area contributed by atoms with Crippen molar-refractivity contribution in [2.24, 2.45) is 0 Å². The molecular formula is C9H15NOSn. The Balaban J connectivity index is 3.14. The maximum atomic E-state index is 5.28. The van der Waals surface area contributed by atoms with Gasteiger partial charge in [-0.3, -0.25) is 0 Å². The second-order valence-corrected chi connectivity index (χ2v) is 18.2. The molecule has 0 bridgehead atoms. The first-order chi connectivity index (χ1) is 5.55. The van der Waals surface area contributed by atoms with Crippen molar-refractivity contribution >= 4 is 22.0 Å². The van der Waals surface area contributed by atoms with E-state index in [-0.39, 0.29) is 0 Å². The second-order valence-electron chi connectivity index (χ2n) is 3.83. The maximum absolute atomic E-state index is 5.28. The summed E-state index contributed by atoms with van der Waals surface area (Å²) in [7, 11) is 1.72. The van der Waals surface area contributed by atoms with Gasteiger partial charge in [-0.1, -0.05) is 0 Å². The van der Waals surface area contributed by atoms with Crippen LogP contribution in [0.15, 0.2) is 18.5 Å². The Labute approximate surface area is 77.8 Å². The van der Waals surface area contributed by atoms with Crippen molar-refractivity contribution in [3.63, 3.8) is 0 Å². The Bertz CT molecular complexity index is 267. The number of hydrogen-bond acceptors (Lipinski definition) is 2. The standard InChI is InChI=1S/C6H6NO.3CH3.Sn/c1-8-6-2-4-7-5-3-6;;;;/h2,4-5H,1H3;3*1H3;. The van der Waals surface area contributed by atoms with E-state index in [1.54, 1.807) is 13.3 Å². The van der Waals surface area contributed by atoms with E-state index in [9.17, 15) is 0 Å². The van der Waals surface area contributed by atoms with E-state index in [0.717, 1.165) is 5.75 Å². The summed E-state index contributed by atoms with van der Waals surface area (Å²) in [5.74, 6) is 1.01. The molecule has 0 amide bonds. The molecule has 0 aliphatic heterocycles. The minimum atomic E-state index is -1.99. The van der Waals surface area contributed by atoms with Crippen LogP contribution >= 0.6 is 0 Å². The summed E-state index contributed by atoms with van der Waals surface area (Å²) in [4.78, 5) is 11.2. The van der Waals surface area contributed by atoms with E-state index in [0.29, 0.717) is 0 Å². The minimum absolute atomic E-state index is 1.01. The third-order valence-corrected chi connectivity index (χ3v) is 7.49. The van der Waals surface area contributed by atoms with Crippen LogP contribution in [0.2, 0.25) is 14.8 Å². The van der Waals surface area contributed by atoms with Crippen molar-refractivity contribution in [1.29, 1.82) is 0 Å². The quantitative estimate of drug-likeness (QED) is 0.763. The van der Waals surface area contributed by atoms with Crippen molar-refractivity contribution in [1.82, 2.24) is 4.98 Å². The molecule has 1 heterocycles. The molecule has 0 atom stereocenters. The van der Waals surface area contributed by atoms with Crippen LogP contribution in [0.25, 0.3) is 0 Å². The molecule has 0 radical (unpaired) electrons. The number of hydrogen-bond donors (Lipinski definition) is 0. The molecule has 1 rings (SSSR count). The fourth-order valence-electron chi connectivity index (χ4n) is 1.12. The van der Waals surface area contributed by atoms with Crippen molar-refractivity contribution in [3.8, 4) is 5.75 Å². The van der Waals surface area contributed by atoms with E-state index in [1.165, 1.54) is 3.58 Å². The predicted octanol–water partition coefficient (Wildman–Crippen LogP) is 1.64. The first-order valence-corrected chi connectivity index (χ1v) is 14.0. The molecule has 0 aliphatic rings. The van der Waals surface area contributed by atoms with Gasteiger partial charge in [-0.2, -0.15) is 0 Å². The fourth-order valence-corrected chi connectivity index (χ4v) is 5.08. The van der Waals surface area contributed by atoms with Crippen molar-refractivity contribution in [3.05, 3.63) is 18.5 Å². The molecule has 1 aromatic heterocycles. The van der Waals surface area contributed by atoms with Gasteiger partial charge in [0.2, 0.25) is 0 Å². The van der Waals surface area contributed by atoms with Gasteiger partial charge in [-0.15, -0.1) is 0 Å². The van der Waals surface area contributed by atoms with E-state index in [2.05, 4.69) is 19.8 Å². The van der Waals surface area contributed by atoms with Gasteiger partial charge in [-0.25, -0.2) is 0 Å². The summed E-state index contributed by atoms with van der Waals surface area (Å²) in [6.45, 7) is 0. The van der Waals surface area contributed by atoms with Crippen molar-refractivity contribution in [2.75, 3.05) is 7.11 Å². The van der Waals surface area contributed by atoms with E-state index in [4.69, 9.17) is 4.74 Å². The first-order valence-electron chi connectivity index (χ1n) is 4.04. The Morgan fingerprint density at radius 2 is 2.00 bits per heavy atom. The van der Waals surface area contributed by atoms with Gasteiger partial charge < -0.3 is 0 Å². The molecule has 0 aliphatic carbocycles. The van der Waals surface area contributed by atoms with Gasteiger partial charge in [-0.05, 0) is 0 Å². The summed E-state index contributed by atoms with van der Waals surface area (Å²) < 4.78 is 6.64. The third kappa shape index (κ3) is 2.12. The van der Waals surface area contributed by atoms with Gasteiger partial charge in [0.25, 0.3) is 0 Å². The van der Waals surface area contributed by atoms with Crippen LogP contribution in [-0.2, 0) is 0 Å². The van der Waals surface area contributed by atoms with Crippen LogP contribution in [-0.4, -0.2) is 30.5 Å². The molecule has 0 saturated carbocycles. The molecule has 0 N–H and O–H groups in total. The summed E-state index contributed by atoms with van der Waals surface area (Å²) in [5.41, 5.74) is 0. The number of methoxy groups -OCH3 is 1. The number of ether oxygens (including phenoxy) is 1. The second kappa shape index (κ2) is 3.64. The topological polar surface area (TPSA) is 22.1 Å². The van der Waals surface area contributed by atoms with Gasteiger partial charge >= 0.3 is 77.8 Å². The SMILES string of the molecule is COc1ccnc[c]1[Sn]([CH3])([CH3])[CH3]. The van der Waals surface area contributed by atoms with Crippen molar-refractivity contribution in [2.45, 2.75) is 14.8 Å². The van der Waals surface area contributed by atoms with Gasteiger partial charge in [0, 0.05) is 0 Å². The fraction of sp³-hybridized carbons (Fsp3) is 0.444. The van der Waals surface area contributed by atoms with Crippen LogP contribution in [0.1, 0.15) is 0 Å². The first kappa shape index (κ1) is 9.83. The molecule has 2 nitrogen and oxygen atoms in total. The number of nitrogens with zero attached hydrogens (tertiary/aromatic N) is 1. The summed E-state index contributed by atoms with van der Waals surface area (Å²) in [5, 5.41) is 0. The van der Waals surface area contributed by atoms with Gasteiger partial charge in [0.05, 0.1) is 0 Å². The zero-order valence-electron chi connectivity index (χ0n) is 8.09. The number of aromatic nitrogens is 1. The van der Waals surface area contributed by atoms with E-state index < -0.39 is 18.4 Å². The van der Waals surface area contributed by atoms with Crippen LogP contribution in [0.5, 0.6) is 5.75 Å². The Morgan fingerprint density at radius 1 is 1.33 bits per heavy atom. The monoisotopic (exact) mass is 273 g/mol. The van der Waals surface area contributed by atoms with E-state index in [1.807, 2.05) is 12.3 Å². The van der Waals surface area contributed by atoms with Crippen LogP contribution in [0, 0.1) is 0 Å². The average molecular weight is 272 g/mol. The number of rotatable bonds is 2. The van der Waals surface area contributed by atoms with Crippen molar-refractivity contribution < 1.29 is 4.74 Å². The van der Waals surface area contributed by atoms with Crippen LogP contribution in [0.3, 0.4) is 0 Å². The van der Waals surface area contributed by atoms with Crippen LogP contribution in [0.4, 0.5) is 0 Å². The average Bonchev–Trinajstić information content (AvgIpc) is 2.03. The van der Waals surface area contributed by atoms with Gasteiger partial charge in [0.15, 0.2) is 0 Å². The Kier molecular flexibility index (Phi) is 2.98. The predicted molar refractivity (Wildman–Crippen MR) is 53.8 cm³/mol. The Morgan fingerprint density at radius 3 is 2.42 bits per heavy atom. The molecular weight excluding hydrogens is 257 g/mol. The molecule has 0 saturated heterocycles. The molecule has 66 valence electrons. The molecule has 0 fully saturated rings. The normalized spacial score (nSPS) is 11.3. The zero-order valence-corrected chi connectivity index (χ0v) is 10.9. The zero-order chi connectivity index (χ0) is 9.19. The summed E-state index contributed by atoms with van der Waals surface area (Å²) in [6.07, 6.45) is 3.73. The molecule has 0 aromatic carbocycles. The van der Waals surface area contributed by atoms with Crippen LogP contribution < -0.4 is 8.32 Å². The molecule has 1 aromatic rings. The summed E-state index contributed by atoms with van der Waals surface area (Å²) in [6, 6.07) is 1.94. The molecule has 3 heteroatoms. The van der Waals surface area contributed by atoms with Gasteiger partial charge in [0.1, 0.15) is 0 Å². The Hall–Kier alpha value is -0.251. The summed E-state index contributed by atoms with van der Waals surface area (Å²) >= 11 is -1.99. The van der Waals surface area contributed by atoms with E-state index >= 15 is 0 Å². The third-order valence-electron chi connectivity index (χ3n) is 1.81.